The van der Waals surface area contributed by atoms with Crippen molar-refractivity contribution >= 4 is 29.1 Å². The van der Waals surface area contributed by atoms with E-state index in [1.807, 2.05) is 0 Å². The van der Waals surface area contributed by atoms with Crippen LogP contribution in [0.25, 0.3) is 0 Å². The molecule has 0 heterocycles. The summed E-state index contributed by atoms with van der Waals surface area (Å²) in [6.07, 6.45) is 5.42. The topological polar surface area (TPSA) is 49.3 Å². The molecule has 116 valence electrons. The van der Waals surface area contributed by atoms with Crippen molar-refractivity contribution in [2.24, 2.45) is 0 Å². The van der Waals surface area contributed by atoms with Crippen LogP contribution in [0.15, 0.2) is 12.1 Å². The van der Waals surface area contributed by atoms with Crippen molar-refractivity contribution in [1.29, 1.82) is 0 Å². The second-order valence-electron chi connectivity index (χ2n) is 5.57. The van der Waals surface area contributed by atoms with E-state index in [1.165, 1.54) is 6.07 Å². The van der Waals surface area contributed by atoms with E-state index in [0.717, 1.165) is 31.7 Å². The summed E-state index contributed by atoms with van der Waals surface area (Å²) in [5.41, 5.74) is -0.861. The van der Waals surface area contributed by atoms with E-state index in [4.69, 9.17) is 23.2 Å². The monoisotopic (exact) mass is 333 g/mol. The highest BCUT2D eigenvalue weighted by Crippen LogP contribution is 2.27. The van der Waals surface area contributed by atoms with Crippen LogP contribution in [0.3, 0.4) is 0 Å². The lowest BCUT2D eigenvalue weighted by Gasteiger charge is -2.26. The maximum atomic E-state index is 13.4. The second-order valence-corrected chi connectivity index (χ2v) is 6.38. The maximum Gasteiger partial charge on any atom is 0.253 e. The number of aliphatic hydroxyl groups is 1. The maximum absolute atomic E-state index is 13.4. The van der Waals surface area contributed by atoms with Crippen molar-refractivity contribution in [3.63, 3.8) is 0 Å². The Hall–Kier alpha value is -0.840. The molecule has 0 aliphatic heterocycles. The molecular weight excluding hydrogens is 316 g/mol. The van der Waals surface area contributed by atoms with Crippen LogP contribution in [-0.4, -0.2) is 23.2 Å². The fourth-order valence-corrected chi connectivity index (χ4v) is 3.07. The Morgan fingerprint density at radius 2 is 1.81 bits per heavy atom. The zero-order valence-electron chi connectivity index (χ0n) is 11.6. The Morgan fingerprint density at radius 3 is 2.43 bits per heavy atom. The summed E-state index contributed by atoms with van der Waals surface area (Å²) in [6, 6.07) is 2.21. The minimum absolute atomic E-state index is 0.0239. The molecule has 2 N–H and O–H groups in total. The van der Waals surface area contributed by atoms with Gasteiger partial charge in [-0.1, -0.05) is 48.9 Å². The first kappa shape index (κ1) is 16.5. The standard InChI is InChI=1S/C15H18Cl2FNO2/c16-11-8-12(17)13(18)7-10(11)14(20)19-9-15(21)5-3-1-2-4-6-15/h7-8,21H,1-6,9H2,(H,19,20). The van der Waals surface area contributed by atoms with Gasteiger partial charge in [0.05, 0.1) is 21.2 Å². The number of hydrogen-bond acceptors (Lipinski definition) is 2. The van der Waals surface area contributed by atoms with Crippen LogP contribution in [0.5, 0.6) is 0 Å². The molecule has 1 aliphatic carbocycles. The quantitative estimate of drug-likeness (QED) is 0.650. The molecular formula is C15H18Cl2FNO2. The Bertz CT molecular complexity index is 529. The van der Waals surface area contributed by atoms with Crippen molar-refractivity contribution in [1.82, 2.24) is 5.32 Å². The predicted molar refractivity (Wildman–Crippen MR) is 81.4 cm³/mol. The van der Waals surface area contributed by atoms with Crippen LogP contribution >= 0.6 is 23.2 Å². The number of halogens is 3. The molecule has 1 fully saturated rings. The van der Waals surface area contributed by atoms with Gasteiger partial charge in [-0.05, 0) is 25.0 Å². The van der Waals surface area contributed by atoms with Crippen molar-refractivity contribution < 1.29 is 14.3 Å². The van der Waals surface area contributed by atoms with Gasteiger partial charge in [0.2, 0.25) is 0 Å². The molecule has 3 nitrogen and oxygen atoms in total. The highest BCUT2D eigenvalue weighted by molar-refractivity contribution is 6.36. The van der Waals surface area contributed by atoms with Gasteiger partial charge in [0.15, 0.2) is 0 Å². The fraction of sp³-hybridized carbons (Fsp3) is 0.533. The second kappa shape index (κ2) is 6.95. The summed E-state index contributed by atoms with van der Waals surface area (Å²) < 4.78 is 13.4. The number of rotatable bonds is 3. The minimum Gasteiger partial charge on any atom is -0.388 e. The highest BCUT2D eigenvalue weighted by Gasteiger charge is 2.28. The van der Waals surface area contributed by atoms with Crippen LogP contribution in [0, 0.1) is 5.82 Å². The third kappa shape index (κ3) is 4.31. The average Bonchev–Trinajstić information content (AvgIpc) is 2.66. The van der Waals surface area contributed by atoms with Gasteiger partial charge in [-0.3, -0.25) is 4.79 Å². The summed E-state index contributed by atoms with van der Waals surface area (Å²) in [6.45, 7) is 0.145. The zero-order valence-corrected chi connectivity index (χ0v) is 13.1. The van der Waals surface area contributed by atoms with Crippen LogP contribution in [0.4, 0.5) is 4.39 Å². The molecule has 0 radical (unpaired) electrons. The van der Waals surface area contributed by atoms with Gasteiger partial charge in [-0.2, -0.15) is 0 Å². The fourth-order valence-electron chi connectivity index (χ4n) is 2.60. The summed E-state index contributed by atoms with van der Waals surface area (Å²) in [5.74, 6) is -1.20. The van der Waals surface area contributed by atoms with Crippen molar-refractivity contribution in [2.45, 2.75) is 44.1 Å². The number of nitrogens with one attached hydrogen (secondary N) is 1. The third-order valence-corrected chi connectivity index (χ3v) is 4.47. The van der Waals surface area contributed by atoms with Crippen LogP contribution < -0.4 is 5.32 Å². The van der Waals surface area contributed by atoms with E-state index < -0.39 is 17.3 Å². The van der Waals surface area contributed by atoms with E-state index in [-0.39, 0.29) is 22.2 Å². The van der Waals surface area contributed by atoms with Crippen LogP contribution in [0.1, 0.15) is 48.9 Å². The first-order chi connectivity index (χ1) is 9.91. The number of carbonyl (C=O) groups is 1. The molecule has 2 rings (SSSR count). The van der Waals surface area contributed by atoms with Gasteiger partial charge < -0.3 is 10.4 Å². The van der Waals surface area contributed by atoms with Crippen LogP contribution in [0.2, 0.25) is 10.0 Å². The zero-order chi connectivity index (χ0) is 15.5. The van der Waals surface area contributed by atoms with E-state index in [2.05, 4.69) is 5.32 Å². The van der Waals surface area contributed by atoms with Gasteiger partial charge >= 0.3 is 0 Å². The molecule has 6 heteroatoms. The lowest BCUT2D eigenvalue weighted by molar-refractivity contribution is 0.0246. The number of carbonyl (C=O) groups excluding carboxylic acids is 1. The molecule has 0 unspecified atom stereocenters. The molecule has 1 aromatic carbocycles. The predicted octanol–water partition coefficient (Wildman–Crippen LogP) is 3.95. The number of benzene rings is 1. The van der Waals surface area contributed by atoms with Crippen LogP contribution in [-0.2, 0) is 0 Å². The molecule has 21 heavy (non-hydrogen) atoms. The number of amides is 1. The van der Waals surface area contributed by atoms with Gasteiger partial charge in [0, 0.05) is 6.54 Å². The van der Waals surface area contributed by atoms with E-state index in [9.17, 15) is 14.3 Å². The van der Waals surface area contributed by atoms with Gasteiger partial charge in [0.1, 0.15) is 5.82 Å². The lowest BCUT2D eigenvalue weighted by atomic mass is 9.94. The average molecular weight is 334 g/mol. The molecule has 0 bridgehead atoms. The highest BCUT2D eigenvalue weighted by atomic mass is 35.5. The molecule has 1 amide bonds. The largest absolute Gasteiger partial charge is 0.388 e. The third-order valence-electron chi connectivity index (χ3n) is 3.87. The first-order valence-corrected chi connectivity index (χ1v) is 7.82. The van der Waals surface area contributed by atoms with Gasteiger partial charge in [-0.15, -0.1) is 0 Å². The summed E-state index contributed by atoms with van der Waals surface area (Å²) in [4.78, 5) is 12.1. The summed E-state index contributed by atoms with van der Waals surface area (Å²) >= 11 is 11.5. The Morgan fingerprint density at radius 1 is 1.19 bits per heavy atom. The summed E-state index contributed by atoms with van der Waals surface area (Å²) in [7, 11) is 0. The number of hydrogen-bond donors (Lipinski definition) is 2. The molecule has 0 spiro atoms. The molecule has 0 aromatic heterocycles. The van der Waals surface area contributed by atoms with Crippen molar-refractivity contribution in [3.8, 4) is 0 Å². The van der Waals surface area contributed by atoms with E-state index in [0.29, 0.717) is 12.8 Å². The summed E-state index contributed by atoms with van der Waals surface area (Å²) in [5, 5.41) is 13.1. The Balaban J connectivity index is 2.03. The van der Waals surface area contributed by atoms with E-state index >= 15 is 0 Å². The van der Waals surface area contributed by atoms with Gasteiger partial charge in [-0.25, -0.2) is 4.39 Å². The van der Waals surface area contributed by atoms with Crippen molar-refractivity contribution in [2.75, 3.05) is 6.54 Å². The first-order valence-electron chi connectivity index (χ1n) is 7.06. The smallest absolute Gasteiger partial charge is 0.253 e. The molecule has 1 aromatic rings. The minimum atomic E-state index is -0.885. The molecule has 1 aliphatic rings. The molecule has 1 saturated carbocycles. The van der Waals surface area contributed by atoms with E-state index in [1.54, 1.807) is 0 Å². The van der Waals surface area contributed by atoms with Gasteiger partial charge in [0.25, 0.3) is 5.91 Å². The normalized spacial score (nSPS) is 18.1. The SMILES string of the molecule is O=C(NCC1(O)CCCCCC1)c1cc(F)c(Cl)cc1Cl. The lowest BCUT2D eigenvalue weighted by Crippen LogP contribution is -2.42. The van der Waals surface area contributed by atoms with Crippen molar-refractivity contribution in [3.05, 3.63) is 33.6 Å². The Kier molecular flexibility index (Phi) is 5.47. The Labute approximate surface area is 133 Å². The molecule has 0 atom stereocenters. The molecule has 0 saturated heterocycles.